The molecule has 2 aliphatic heterocycles. The highest BCUT2D eigenvalue weighted by atomic mass is 32.2. The summed E-state index contributed by atoms with van der Waals surface area (Å²) >= 11 is 1.93. The number of likely N-dealkylation sites (tertiary alicyclic amines) is 1. The fourth-order valence-electron chi connectivity index (χ4n) is 3.01. The molecule has 0 bridgehead atoms. The van der Waals surface area contributed by atoms with Crippen molar-refractivity contribution in [2.75, 3.05) is 39.0 Å². The van der Waals surface area contributed by atoms with Crippen molar-refractivity contribution in [1.29, 1.82) is 0 Å². The van der Waals surface area contributed by atoms with Crippen LogP contribution < -0.4 is 5.32 Å². The summed E-state index contributed by atoms with van der Waals surface area (Å²) in [6, 6.07) is 0. The van der Waals surface area contributed by atoms with Crippen molar-refractivity contribution in [3.8, 4) is 0 Å². The molecule has 4 heteroatoms. The van der Waals surface area contributed by atoms with Gasteiger partial charge in [-0.15, -0.1) is 0 Å². The minimum absolute atomic E-state index is 0.459. The summed E-state index contributed by atoms with van der Waals surface area (Å²) in [5.41, 5.74) is 0.459. The van der Waals surface area contributed by atoms with Crippen LogP contribution in [0.4, 0.5) is 0 Å². The standard InChI is InChI=1S/C15H29N3S/c1-4-15(5-2)11-17-14(19-12-15)16-9-13-7-6-8-18(3)10-13/h13H,4-12H2,1-3H3,(H,16,17). The normalized spacial score (nSPS) is 27.9. The van der Waals surface area contributed by atoms with E-state index in [-0.39, 0.29) is 0 Å². The van der Waals surface area contributed by atoms with E-state index in [0.717, 1.165) is 19.0 Å². The second kappa shape index (κ2) is 6.98. The Morgan fingerprint density at radius 2 is 2.21 bits per heavy atom. The molecule has 110 valence electrons. The Morgan fingerprint density at radius 1 is 1.42 bits per heavy atom. The van der Waals surface area contributed by atoms with E-state index in [4.69, 9.17) is 4.99 Å². The monoisotopic (exact) mass is 283 g/mol. The Labute approximate surface area is 122 Å². The molecule has 0 aromatic rings. The van der Waals surface area contributed by atoms with E-state index >= 15 is 0 Å². The summed E-state index contributed by atoms with van der Waals surface area (Å²) in [5, 5.41) is 4.77. The molecule has 1 atom stereocenters. The lowest BCUT2D eigenvalue weighted by atomic mass is 9.84. The molecule has 19 heavy (non-hydrogen) atoms. The first-order valence-corrected chi connectivity index (χ1v) is 8.75. The first-order valence-electron chi connectivity index (χ1n) is 7.77. The van der Waals surface area contributed by atoms with Crippen LogP contribution in [0.15, 0.2) is 4.99 Å². The zero-order valence-corrected chi connectivity index (χ0v) is 13.6. The quantitative estimate of drug-likeness (QED) is 0.860. The molecule has 0 amide bonds. The van der Waals surface area contributed by atoms with Crippen LogP contribution in [0.1, 0.15) is 39.5 Å². The number of amidine groups is 1. The number of nitrogens with one attached hydrogen (secondary N) is 1. The van der Waals surface area contributed by atoms with Gasteiger partial charge in [-0.1, -0.05) is 25.6 Å². The van der Waals surface area contributed by atoms with Gasteiger partial charge in [0.2, 0.25) is 0 Å². The van der Waals surface area contributed by atoms with Crippen molar-refractivity contribution < 1.29 is 0 Å². The topological polar surface area (TPSA) is 27.6 Å². The van der Waals surface area contributed by atoms with Gasteiger partial charge in [-0.2, -0.15) is 0 Å². The molecule has 0 radical (unpaired) electrons. The highest BCUT2D eigenvalue weighted by Crippen LogP contribution is 2.34. The van der Waals surface area contributed by atoms with E-state index in [1.54, 1.807) is 0 Å². The Balaban J connectivity index is 1.77. The van der Waals surface area contributed by atoms with Crippen LogP contribution in [-0.4, -0.2) is 49.0 Å². The SMILES string of the molecule is CCC1(CC)CN=C(NCC2CCCN(C)C2)SC1. The fraction of sp³-hybridized carbons (Fsp3) is 0.933. The third-order valence-corrected chi connectivity index (χ3v) is 6.14. The van der Waals surface area contributed by atoms with Gasteiger partial charge in [-0.05, 0) is 50.6 Å². The van der Waals surface area contributed by atoms with Crippen molar-refractivity contribution >= 4 is 16.9 Å². The smallest absolute Gasteiger partial charge is 0.156 e. The Morgan fingerprint density at radius 3 is 2.79 bits per heavy atom. The molecule has 2 rings (SSSR count). The van der Waals surface area contributed by atoms with Crippen molar-refractivity contribution in [3.63, 3.8) is 0 Å². The molecule has 1 unspecified atom stereocenters. The maximum Gasteiger partial charge on any atom is 0.156 e. The van der Waals surface area contributed by atoms with Gasteiger partial charge in [-0.3, -0.25) is 4.99 Å². The van der Waals surface area contributed by atoms with Crippen molar-refractivity contribution in [2.24, 2.45) is 16.3 Å². The van der Waals surface area contributed by atoms with E-state index in [1.807, 2.05) is 11.8 Å². The lowest BCUT2D eigenvalue weighted by molar-refractivity contribution is 0.211. The molecule has 2 heterocycles. The molecule has 0 aromatic heterocycles. The van der Waals surface area contributed by atoms with Crippen molar-refractivity contribution in [3.05, 3.63) is 0 Å². The first-order chi connectivity index (χ1) is 9.17. The number of piperidine rings is 1. The predicted octanol–water partition coefficient (Wildman–Crippen LogP) is 2.83. The zero-order valence-electron chi connectivity index (χ0n) is 12.7. The van der Waals surface area contributed by atoms with Crippen LogP contribution in [0.3, 0.4) is 0 Å². The van der Waals surface area contributed by atoms with E-state index < -0.39 is 0 Å². The van der Waals surface area contributed by atoms with Crippen LogP contribution in [0, 0.1) is 11.3 Å². The fourth-order valence-corrected chi connectivity index (χ4v) is 4.29. The average molecular weight is 283 g/mol. The molecule has 0 aliphatic carbocycles. The summed E-state index contributed by atoms with van der Waals surface area (Å²) < 4.78 is 0. The number of nitrogens with zero attached hydrogens (tertiary/aromatic N) is 2. The van der Waals surface area contributed by atoms with Crippen LogP contribution in [0.5, 0.6) is 0 Å². The number of thioether (sulfide) groups is 1. The molecule has 3 nitrogen and oxygen atoms in total. The second-order valence-electron chi connectivity index (χ2n) is 6.27. The van der Waals surface area contributed by atoms with Gasteiger partial charge >= 0.3 is 0 Å². The Bertz CT molecular complexity index is 313. The maximum absolute atomic E-state index is 4.78. The number of rotatable bonds is 4. The van der Waals surface area contributed by atoms with Crippen LogP contribution in [0.25, 0.3) is 0 Å². The molecule has 0 aromatic carbocycles. The van der Waals surface area contributed by atoms with E-state index in [1.165, 1.54) is 49.7 Å². The maximum atomic E-state index is 4.78. The average Bonchev–Trinajstić information content (AvgIpc) is 2.46. The van der Waals surface area contributed by atoms with Crippen LogP contribution in [-0.2, 0) is 0 Å². The Kier molecular flexibility index (Phi) is 5.58. The lowest BCUT2D eigenvalue weighted by Crippen LogP contribution is -2.40. The summed E-state index contributed by atoms with van der Waals surface area (Å²) in [4.78, 5) is 7.23. The number of aliphatic imine (C=N–C) groups is 1. The molecule has 0 saturated carbocycles. The first kappa shape index (κ1) is 15.2. The lowest BCUT2D eigenvalue weighted by Gasteiger charge is -2.34. The second-order valence-corrected chi connectivity index (χ2v) is 7.23. The van der Waals surface area contributed by atoms with E-state index in [0.29, 0.717) is 5.41 Å². The summed E-state index contributed by atoms with van der Waals surface area (Å²) in [5.74, 6) is 2.03. The van der Waals surface area contributed by atoms with Gasteiger partial charge < -0.3 is 10.2 Å². The minimum atomic E-state index is 0.459. The Hall–Kier alpha value is -0.220. The molecule has 1 fully saturated rings. The third-order valence-electron chi connectivity index (χ3n) is 4.84. The molecule has 1 N–H and O–H groups in total. The van der Waals surface area contributed by atoms with Crippen LogP contribution >= 0.6 is 11.8 Å². The molecular weight excluding hydrogens is 254 g/mol. The zero-order chi connectivity index (χ0) is 13.7. The molecular formula is C15H29N3S. The van der Waals surface area contributed by atoms with E-state index in [9.17, 15) is 0 Å². The largest absolute Gasteiger partial charge is 0.365 e. The third kappa shape index (κ3) is 4.12. The number of hydrogen-bond acceptors (Lipinski definition) is 4. The molecule has 1 saturated heterocycles. The summed E-state index contributed by atoms with van der Waals surface area (Å²) in [7, 11) is 2.23. The molecule has 0 spiro atoms. The van der Waals surface area contributed by atoms with E-state index in [2.05, 4.69) is 31.1 Å². The van der Waals surface area contributed by atoms with Gasteiger partial charge in [0.1, 0.15) is 0 Å². The predicted molar refractivity (Wildman–Crippen MR) is 86.0 cm³/mol. The number of hydrogen-bond donors (Lipinski definition) is 1. The minimum Gasteiger partial charge on any atom is -0.365 e. The highest BCUT2D eigenvalue weighted by molar-refractivity contribution is 8.13. The summed E-state index contributed by atoms with van der Waals surface area (Å²) in [6.07, 6.45) is 5.21. The van der Waals surface area contributed by atoms with Gasteiger partial charge in [0, 0.05) is 25.4 Å². The summed E-state index contributed by atoms with van der Waals surface area (Å²) in [6.45, 7) is 9.22. The highest BCUT2D eigenvalue weighted by Gasteiger charge is 2.30. The van der Waals surface area contributed by atoms with Crippen molar-refractivity contribution in [2.45, 2.75) is 39.5 Å². The van der Waals surface area contributed by atoms with Gasteiger partial charge in [-0.25, -0.2) is 0 Å². The molecule has 2 aliphatic rings. The van der Waals surface area contributed by atoms with Gasteiger partial charge in [0.05, 0.1) is 0 Å². The van der Waals surface area contributed by atoms with Crippen LogP contribution in [0.2, 0.25) is 0 Å². The van der Waals surface area contributed by atoms with Gasteiger partial charge in [0.25, 0.3) is 0 Å². The van der Waals surface area contributed by atoms with Gasteiger partial charge in [0.15, 0.2) is 5.17 Å². The van der Waals surface area contributed by atoms with Crippen molar-refractivity contribution in [1.82, 2.24) is 10.2 Å².